The van der Waals surface area contributed by atoms with Crippen LogP contribution in [-0.2, 0) is 4.79 Å². The molecule has 7 heteroatoms. The lowest BCUT2D eigenvalue weighted by atomic mass is 10.1. The Labute approximate surface area is 125 Å². The predicted molar refractivity (Wildman–Crippen MR) is 75.3 cm³/mol. The van der Waals surface area contributed by atoms with Gasteiger partial charge in [-0.3, -0.25) is 9.59 Å². The van der Waals surface area contributed by atoms with Crippen LogP contribution in [0.25, 0.3) is 0 Å². The lowest BCUT2D eigenvalue weighted by Crippen LogP contribution is -2.06. The van der Waals surface area contributed by atoms with Gasteiger partial charge in [-0.1, -0.05) is 12.1 Å². The minimum atomic E-state index is -1.10. The van der Waals surface area contributed by atoms with Gasteiger partial charge in [0.2, 0.25) is 0 Å². The molecule has 1 heterocycles. The van der Waals surface area contributed by atoms with Crippen LogP contribution in [0.2, 0.25) is 0 Å². The number of aliphatic carboxylic acids is 1. The van der Waals surface area contributed by atoms with Crippen molar-refractivity contribution in [3.05, 3.63) is 42.2 Å². The Kier molecular flexibility index (Phi) is 4.57. The van der Waals surface area contributed by atoms with E-state index in [4.69, 9.17) is 9.84 Å². The number of phenolic OH excluding ortho intramolecular Hbond substituents is 1. The number of benzene rings is 1. The van der Waals surface area contributed by atoms with Gasteiger partial charge in [-0.25, -0.2) is 4.98 Å². The Morgan fingerprint density at radius 2 is 1.82 bits per heavy atom. The van der Waals surface area contributed by atoms with Gasteiger partial charge in [0.05, 0.1) is 12.6 Å². The maximum Gasteiger partial charge on any atom is 0.303 e. The Morgan fingerprint density at radius 3 is 2.45 bits per heavy atom. The van der Waals surface area contributed by atoms with Crippen LogP contribution in [0.5, 0.6) is 23.0 Å². The number of aromatic nitrogens is 1. The number of phenols is 1. The van der Waals surface area contributed by atoms with Crippen LogP contribution in [0.4, 0.5) is 0 Å². The molecular weight excluding hydrogens is 290 g/mol. The second kappa shape index (κ2) is 6.57. The summed E-state index contributed by atoms with van der Waals surface area (Å²) in [5, 5.41) is 27.9. The van der Waals surface area contributed by atoms with E-state index in [0.29, 0.717) is 0 Å². The number of nitrogens with zero attached hydrogens (tertiary/aromatic N) is 1. The summed E-state index contributed by atoms with van der Waals surface area (Å²) in [6.45, 7) is 0. The first-order valence-corrected chi connectivity index (χ1v) is 6.37. The number of carboxylic acids is 1. The Morgan fingerprint density at radius 1 is 1.09 bits per heavy atom. The van der Waals surface area contributed by atoms with E-state index >= 15 is 0 Å². The summed E-state index contributed by atoms with van der Waals surface area (Å²) in [5.41, 5.74) is -0.217. The standard InChI is InChI=1S/C15H13NO6/c17-10-3-1-2-4-13(10)22-9-7-12(19)15(16-8-9)11(18)5-6-14(20)21/h1-4,7-8,17,19H,5-6H2,(H,20,21). The van der Waals surface area contributed by atoms with E-state index in [0.717, 1.165) is 0 Å². The smallest absolute Gasteiger partial charge is 0.303 e. The quantitative estimate of drug-likeness (QED) is 0.701. The average Bonchev–Trinajstić information content (AvgIpc) is 2.47. The van der Waals surface area contributed by atoms with E-state index in [2.05, 4.69) is 4.98 Å². The highest BCUT2D eigenvalue weighted by Gasteiger charge is 2.16. The maximum absolute atomic E-state index is 11.7. The first-order valence-electron chi connectivity index (χ1n) is 6.37. The summed E-state index contributed by atoms with van der Waals surface area (Å²) in [6.07, 6.45) is 0.617. The number of carboxylic acid groups (broad SMARTS) is 1. The SMILES string of the molecule is O=C(O)CCC(=O)c1ncc(Oc2ccccc2O)cc1O. The normalized spacial score (nSPS) is 10.2. The third-order valence-electron chi connectivity index (χ3n) is 2.77. The number of carbonyl (C=O) groups is 2. The number of hydrogen-bond donors (Lipinski definition) is 3. The third-order valence-corrected chi connectivity index (χ3v) is 2.77. The number of ether oxygens (including phenoxy) is 1. The van der Waals surface area contributed by atoms with Crippen molar-refractivity contribution in [3.63, 3.8) is 0 Å². The van der Waals surface area contributed by atoms with E-state index in [1.165, 1.54) is 24.4 Å². The summed E-state index contributed by atoms with van der Waals surface area (Å²) in [5.74, 6) is -1.87. The highest BCUT2D eigenvalue weighted by molar-refractivity contribution is 5.98. The molecule has 2 aromatic rings. The zero-order chi connectivity index (χ0) is 16.1. The summed E-state index contributed by atoms with van der Waals surface area (Å²) in [4.78, 5) is 25.9. The molecule has 22 heavy (non-hydrogen) atoms. The van der Waals surface area contributed by atoms with Crippen molar-refractivity contribution in [2.45, 2.75) is 12.8 Å². The zero-order valence-electron chi connectivity index (χ0n) is 11.4. The van der Waals surface area contributed by atoms with Gasteiger partial charge in [-0.15, -0.1) is 0 Å². The third kappa shape index (κ3) is 3.72. The molecule has 0 radical (unpaired) electrons. The van der Waals surface area contributed by atoms with Gasteiger partial charge in [-0.2, -0.15) is 0 Å². The second-order valence-corrected chi connectivity index (χ2v) is 4.43. The van der Waals surface area contributed by atoms with Gasteiger partial charge in [0.15, 0.2) is 17.3 Å². The number of pyridine rings is 1. The van der Waals surface area contributed by atoms with Gasteiger partial charge in [0, 0.05) is 12.5 Å². The molecule has 0 saturated heterocycles. The molecule has 0 fully saturated rings. The Balaban J connectivity index is 2.14. The number of carbonyl (C=O) groups excluding carboxylic acids is 1. The van der Waals surface area contributed by atoms with Crippen molar-refractivity contribution < 1.29 is 29.6 Å². The molecule has 0 spiro atoms. The van der Waals surface area contributed by atoms with Crippen LogP contribution >= 0.6 is 0 Å². The molecule has 2 rings (SSSR count). The van der Waals surface area contributed by atoms with Crippen LogP contribution in [0, 0.1) is 0 Å². The summed E-state index contributed by atoms with van der Waals surface area (Å²) in [7, 11) is 0. The molecule has 1 aromatic carbocycles. The summed E-state index contributed by atoms with van der Waals surface area (Å²) in [6, 6.07) is 7.42. The minimum absolute atomic E-state index is 0.0800. The Bertz CT molecular complexity index is 713. The van der Waals surface area contributed by atoms with Gasteiger partial charge >= 0.3 is 5.97 Å². The number of aromatic hydroxyl groups is 2. The number of hydrogen-bond acceptors (Lipinski definition) is 6. The molecule has 7 nitrogen and oxygen atoms in total. The molecule has 0 aliphatic rings. The zero-order valence-corrected chi connectivity index (χ0v) is 11.4. The van der Waals surface area contributed by atoms with Gasteiger partial charge in [-0.05, 0) is 12.1 Å². The topological polar surface area (TPSA) is 117 Å². The van der Waals surface area contributed by atoms with Crippen molar-refractivity contribution in [2.75, 3.05) is 0 Å². The molecule has 114 valence electrons. The van der Waals surface area contributed by atoms with Crippen LogP contribution < -0.4 is 4.74 Å². The van der Waals surface area contributed by atoms with Gasteiger partial charge < -0.3 is 20.1 Å². The lowest BCUT2D eigenvalue weighted by molar-refractivity contribution is -0.136. The van der Waals surface area contributed by atoms with Crippen LogP contribution in [0.1, 0.15) is 23.3 Å². The summed E-state index contributed by atoms with van der Waals surface area (Å²) < 4.78 is 5.34. The van der Waals surface area contributed by atoms with E-state index in [9.17, 15) is 19.8 Å². The first kappa shape index (κ1) is 15.3. The highest BCUT2D eigenvalue weighted by Crippen LogP contribution is 2.31. The fraction of sp³-hybridized carbons (Fsp3) is 0.133. The molecule has 0 amide bonds. The minimum Gasteiger partial charge on any atom is -0.505 e. The predicted octanol–water partition coefficient (Wildman–Crippen LogP) is 2.33. The molecule has 0 bridgehead atoms. The fourth-order valence-electron chi connectivity index (χ4n) is 1.71. The number of para-hydroxylation sites is 2. The largest absolute Gasteiger partial charge is 0.505 e. The first-order chi connectivity index (χ1) is 10.5. The molecule has 0 unspecified atom stereocenters. The molecule has 0 aliphatic carbocycles. The van der Waals surface area contributed by atoms with Crippen molar-refractivity contribution in [1.82, 2.24) is 4.98 Å². The number of Topliss-reactive ketones (excluding diaryl/α,β-unsaturated/α-hetero) is 1. The summed E-state index contributed by atoms with van der Waals surface area (Å²) >= 11 is 0. The van der Waals surface area contributed by atoms with Crippen molar-refractivity contribution >= 4 is 11.8 Å². The van der Waals surface area contributed by atoms with Gasteiger partial charge in [0.25, 0.3) is 0 Å². The van der Waals surface area contributed by atoms with Crippen molar-refractivity contribution in [2.24, 2.45) is 0 Å². The maximum atomic E-state index is 11.7. The molecule has 0 saturated carbocycles. The number of ketones is 1. The molecule has 1 aromatic heterocycles. The second-order valence-electron chi connectivity index (χ2n) is 4.43. The Hall–Kier alpha value is -3.09. The fourth-order valence-corrected chi connectivity index (χ4v) is 1.71. The van der Waals surface area contributed by atoms with E-state index in [1.54, 1.807) is 12.1 Å². The van der Waals surface area contributed by atoms with Crippen LogP contribution in [0.15, 0.2) is 36.5 Å². The molecule has 3 N–H and O–H groups in total. The van der Waals surface area contributed by atoms with Crippen LogP contribution in [0.3, 0.4) is 0 Å². The van der Waals surface area contributed by atoms with Crippen LogP contribution in [-0.4, -0.2) is 32.1 Å². The van der Waals surface area contributed by atoms with E-state index in [-0.39, 0.29) is 35.8 Å². The van der Waals surface area contributed by atoms with E-state index in [1.807, 2.05) is 0 Å². The average molecular weight is 303 g/mol. The lowest BCUT2D eigenvalue weighted by Gasteiger charge is -2.08. The van der Waals surface area contributed by atoms with Crippen molar-refractivity contribution in [3.8, 4) is 23.0 Å². The number of rotatable bonds is 6. The van der Waals surface area contributed by atoms with Crippen molar-refractivity contribution in [1.29, 1.82) is 0 Å². The van der Waals surface area contributed by atoms with Gasteiger partial charge in [0.1, 0.15) is 17.2 Å². The molecule has 0 atom stereocenters. The molecular formula is C15H13NO6. The highest BCUT2D eigenvalue weighted by atomic mass is 16.5. The monoisotopic (exact) mass is 303 g/mol. The van der Waals surface area contributed by atoms with E-state index < -0.39 is 17.5 Å². The molecule has 0 aliphatic heterocycles.